The summed E-state index contributed by atoms with van der Waals surface area (Å²) in [6.45, 7) is 3.45. The number of carbonyl (C=O) groups is 1. The molecule has 0 aromatic carbocycles. The van der Waals surface area contributed by atoms with Crippen LogP contribution in [0.15, 0.2) is 0 Å². The summed E-state index contributed by atoms with van der Waals surface area (Å²) in [6, 6.07) is -1.16. The fourth-order valence-corrected chi connectivity index (χ4v) is 7.91. The quantitative estimate of drug-likeness (QED) is 0.0283. The summed E-state index contributed by atoms with van der Waals surface area (Å²) >= 11 is 0. The van der Waals surface area contributed by atoms with Gasteiger partial charge in [-0.1, -0.05) is 206 Å². The van der Waals surface area contributed by atoms with Gasteiger partial charge in [0.05, 0.1) is 25.4 Å². The van der Waals surface area contributed by atoms with Gasteiger partial charge in [-0.25, -0.2) is 0 Å². The number of ether oxygens (including phenoxy) is 2. The van der Waals surface area contributed by atoms with E-state index < -0.39 is 74.2 Å². The van der Waals surface area contributed by atoms with Crippen LogP contribution in [-0.4, -0.2) is 110 Å². The topological polar surface area (TPSA) is 189 Å². The summed E-state index contributed by atoms with van der Waals surface area (Å²) in [4.78, 5) is 13.1. The van der Waals surface area contributed by atoms with E-state index in [4.69, 9.17) is 9.47 Å². The highest BCUT2D eigenvalue weighted by Crippen LogP contribution is 2.23. The Morgan fingerprint density at radius 1 is 0.544 bits per heavy atom. The molecule has 0 bridgehead atoms. The third-order valence-electron chi connectivity index (χ3n) is 11.9. The summed E-state index contributed by atoms with van der Waals surface area (Å²) in [5.74, 6) is -0.694. The molecule has 1 amide bonds. The Morgan fingerprint density at radius 3 is 1.30 bits per heavy atom. The van der Waals surface area contributed by atoms with Crippen molar-refractivity contribution in [2.24, 2.45) is 0 Å². The molecule has 11 heteroatoms. The highest BCUT2D eigenvalue weighted by atomic mass is 16.7. The van der Waals surface area contributed by atoms with Crippen molar-refractivity contribution >= 4 is 5.91 Å². The zero-order valence-corrected chi connectivity index (χ0v) is 36.6. The van der Waals surface area contributed by atoms with Gasteiger partial charge >= 0.3 is 0 Å². The second-order valence-electron chi connectivity index (χ2n) is 17.2. The second kappa shape index (κ2) is 36.9. The SMILES string of the molecule is CCCCCCCCCCCCCCCCCCCC[C@@H](O)C(=O)N[C@@H](COC1OC(CO)C(O)C(O)C1O)[C@H](O)[C@H](O)CCCCCCCCCCCCCC. The molecule has 1 fully saturated rings. The van der Waals surface area contributed by atoms with Crippen LogP contribution in [0.4, 0.5) is 0 Å². The first-order valence-electron chi connectivity index (χ1n) is 23.9. The second-order valence-corrected chi connectivity index (χ2v) is 17.2. The maximum atomic E-state index is 13.1. The van der Waals surface area contributed by atoms with Crippen LogP contribution < -0.4 is 5.32 Å². The van der Waals surface area contributed by atoms with E-state index in [1.165, 1.54) is 141 Å². The van der Waals surface area contributed by atoms with E-state index in [1.807, 2.05) is 0 Å². The molecule has 0 aliphatic carbocycles. The first kappa shape index (κ1) is 54.1. The molecule has 5 unspecified atom stereocenters. The molecule has 57 heavy (non-hydrogen) atoms. The van der Waals surface area contributed by atoms with Gasteiger partial charge in [0, 0.05) is 0 Å². The molecule has 0 aromatic heterocycles. The summed E-state index contributed by atoms with van der Waals surface area (Å²) in [5, 5.41) is 75.6. The Bertz CT molecular complexity index is 897. The number of rotatable bonds is 40. The predicted molar refractivity (Wildman–Crippen MR) is 229 cm³/mol. The van der Waals surface area contributed by atoms with E-state index in [2.05, 4.69) is 19.2 Å². The Morgan fingerprint density at radius 2 is 0.912 bits per heavy atom. The van der Waals surface area contributed by atoms with Crippen LogP contribution in [0.3, 0.4) is 0 Å². The fraction of sp³-hybridized carbons (Fsp3) is 0.978. The van der Waals surface area contributed by atoms with Crippen molar-refractivity contribution < 1.29 is 50.0 Å². The van der Waals surface area contributed by atoms with Crippen LogP contribution in [0.5, 0.6) is 0 Å². The van der Waals surface area contributed by atoms with Gasteiger partial charge in [-0.3, -0.25) is 4.79 Å². The first-order valence-corrected chi connectivity index (χ1v) is 23.9. The molecule has 11 nitrogen and oxygen atoms in total. The van der Waals surface area contributed by atoms with Gasteiger partial charge in [0.25, 0.3) is 0 Å². The van der Waals surface area contributed by atoms with Crippen molar-refractivity contribution in [1.82, 2.24) is 5.32 Å². The number of carbonyl (C=O) groups excluding carboxylic acids is 1. The summed E-state index contributed by atoms with van der Waals surface area (Å²) < 4.78 is 11.1. The zero-order chi connectivity index (χ0) is 41.9. The van der Waals surface area contributed by atoms with Gasteiger partial charge in [0.1, 0.15) is 36.6 Å². The first-order chi connectivity index (χ1) is 27.7. The van der Waals surface area contributed by atoms with Crippen molar-refractivity contribution in [1.29, 1.82) is 0 Å². The molecule has 1 aliphatic heterocycles. The Labute approximate surface area is 348 Å². The minimum Gasteiger partial charge on any atom is -0.394 e. The number of unbranched alkanes of at least 4 members (excludes halogenated alkanes) is 28. The number of amides is 1. The van der Waals surface area contributed by atoms with Crippen molar-refractivity contribution in [3.05, 3.63) is 0 Å². The van der Waals surface area contributed by atoms with Crippen LogP contribution in [-0.2, 0) is 14.3 Å². The van der Waals surface area contributed by atoms with Gasteiger partial charge in [0.15, 0.2) is 6.29 Å². The lowest BCUT2D eigenvalue weighted by molar-refractivity contribution is -0.303. The van der Waals surface area contributed by atoms with E-state index in [0.717, 1.165) is 38.5 Å². The molecule has 0 radical (unpaired) electrons. The highest BCUT2D eigenvalue weighted by molar-refractivity contribution is 5.80. The maximum Gasteiger partial charge on any atom is 0.249 e. The number of hydrogen-bond donors (Lipinski definition) is 8. The Kier molecular flexibility index (Phi) is 35.1. The molecule has 0 aromatic rings. The molecule has 1 saturated heterocycles. The van der Waals surface area contributed by atoms with Gasteiger partial charge in [-0.15, -0.1) is 0 Å². The lowest BCUT2D eigenvalue weighted by Gasteiger charge is -2.40. The normalized spacial score (nSPS) is 22.0. The van der Waals surface area contributed by atoms with Crippen LogP contribution in [0.2, 0.25) is 0 Å². The fourth-order valence-electron chi connectivity index (χ4n) is 7.91. The number of aliphatic hydroxyl groups is 7. The summed E-state index contributed by atoms with van der Waals surface area (Å²) in [6.07, 6.45) is 25.8. The van der Waals surface area contributed by atoms with Crippen LogP contribution in [0.25, 0.3) is 0 Å². The predicted octanol–water partition coefficient (Wildman–Crippen LogP) is 7.89. The molecular weight excluding hydrogens is 727 g/mol. The van der Waals surface area contributed by atoms with Crippen LogP contribution in [0.1, 0.15) is 219 Å². The van der Waals surface area contributed by atoms with Crippen molar-refractivity contribution in [3.63, 3.8) is 0 Å². The average Bonchev–Trinajstić information content (AvgIpc) is 3.21. The molecule has 0 saturated carbocycles. The van der Waals surface area contributed by atoms with Crippen LogP contribution >= 0.6 is 0 Å². The Hall–Kier alpha value is -0.890. The highest BCUT2D eigenvalue weighted by Gasteiger charge is 2.44. The van der Waals surface area contributed by atoms with E-state index in [-0.39, 0.29) is 6.42 Å². The minimum absolute atomic E-state index is 0.266. The van der Waals surface area contributed by atoms with E-state index >= 15 is 0 Å². The van der Waals surface area contributed by atoms with Crippen molar-refractivity contribution in [3.8, 4) is 0 Å². The lowest BCUT2D eigenvalue weighted by atomic mass is 9.98. The van der Waals surface area contributed by atoms with Crippen molar-refractivity contribution in [2.75, 3.05) is 13.2 Å². The minimum atomic E-state index is -1.66. The lowest BCUT2D eigenvalue weighted by Crippen LogP contribution is -2.60. The summed E-state index contributed by atoms with van der Waals surface area (Å²) in [5.41, 5.74) is 0. The molecular formula is C46H91NO10. The largest absolute Gasteiger partial charge is 0.394 e. The molecule has 1 aliphatic rings. The molecule has 1 rings (SSSR count). The smallest absolute Gasteiger partial charge is 0.249 e. The zero-order valence-electron chi connectivity index (χ0n) is 36.6. The van der Waals surface area contributed by atoms with Gasteiger partial charge in [-0.05, 0) is 12.8 Å². The number of nitrogens with one attached hydrogen (secondary N) is 1. The molecule has 0 spiro atoms. The maximum absolute atomic E-state index is 13.1. The standard InChI is InChI=1S/C46H91NO10/c1-3-5-7-9-11-13-15-17-18-19-20-21-22-24-26-28-30-32-34-39(50)45(55)47-37(36-56-46-44(54)43(53)42(52)40(35-48)57-46)41(51)38(49)33-31-29-27-25-23-16-14-12-10-8-6-4-2/h37-44,46,48-54H,3-36H2,1-2H3,(H,47,55)/t37-,38+,39+,40?,41-,42?,43?,44?,46?/m0/s1. The van der Waals surface area contributed by atoms with E-state index in [1.54, 1.807) is 0 Å². The Balaban J connectivity index is 2.41. The summed E-state index contributed by atoms with van der Waals surface area (Å²) in [7, 11) is 0. The number of aliphatic hydroxyl groups excluding tert-OH is 7. The third-order valence-corrected chi connectivity index (χ3v) is 11.9. The monoisotopic (exact) mass is 818 g/mol. The molecule has 9 atom stereocenters. The van der Waals surface area contributed by atoms with Crippen LogP contribution in [0, 0.1) is 0 Å². The van der Waals surface area contributed by atoms with Gasteiger partial charge < -0.3 is 50.5 Å². The average molecular weight is 818 g/mol. The van der Waals surface area contributed by atoms with E-state index in [9.17, 15) is 40.5 Å². The van der Waals surface area contributed by atoms with Crippen molar-refractivity contribution in [2.45, 2.75) is 274 Å². The van der Waals surface area contributed by atoms with Gasteiger partial charge in [-0.2, -0.15) is 0 Å². The molecule has 8 N–H and O–H groups in total. The third kappa shape index (κ3) is 26.8. The van der Waals surface area contributed by atoms with E-state index in [0.29, 0.717) is 19.3 Å². The molecule has 340 valence electrons. The number of hydrogen-bond acceptors (Lipinski definition) is 10. The van der Waals surface area contributed by atoms with Gasteiger partial charge in [0.2, 0.25) is 5.91 Å². The molecule has 1 heterocycles.